The number of phenols is 1. The molecular weight excluding hydrogens is 449 g/mol. The van der Waals surface area contributed by atoms with E-state index < -0.39 is 5.91 Å². The van der Waals surface area contributed by atoms with Crippen LogP contribution < -0.4 is 10.2 Å². The average molecular weight is 466 g/mol. The fourth-order valence-corrected chi connectivity index (χ4v) is 3.32. The number of hydrogen-bond donors (Lipinski definition) is 2. The van der Waals surface area contributed by atoms with Gasteiger partial charge in [0.25, 0.3) is 5.91 Å². The van der Waals surface area contributed by atoms with E-state index in [4.69, 9.17) is 27.9 Å². The van der Waals surface area contributed by atoms with Gasteiger partial charge in [-0.05, 0) is 48.0 Å². The van der Waals surface area contributed by atoms with Crippen LogP contribution in [0.4, 0.5) is 0 Å². The standard InChI is InChI=1S/C24H17Cl2N3O3/c25-18-7-4-15(5-8-18)14-32-22-3-1-2-19-17(10-11-27-23(19)22)13-28-29-24(31)16-6-9-21(30)20(26)12-16/h1-13,30H,14H2,(H,29,31)/b28-13+. The van der Waals surface area contributed by atoms with Crippen LogP contribution in [-0.2, 0) is 6.61 Å². The Hall–Kier alpha value is -3.61. The summed E-state index contributed by atoms with van der Waals surface area (Å²) < 4.78 is 5.97. The number of rotatable bonds is 6. The van der Waals surface area contributed by atoms with Gasteiger partial charge in [0.1, 0.15) is 23.6 Å². The quantitative estimate of drug-likeness (QED) is 0.287. The number of fused-ring (bicyclic) bond motifs is 1. The van der Waals surface area contributed by atoms with Gasteiger partial charge in [-0.25, -0.2) is 5.43 Å². The molecule has 0 aliphatic heterocycles. The molecule has 4 aromatic rings. The van der Waals surface area contributed by atoms with Crippen LogP contribution in [-0.4, -0.2) is 22.2 Å². The van der Waals surface area contributed by atoms with Crippen molar-refractivity contribution < 1.29 is 14.6 Å². The molecule has 0 saturated carbocycles. The first-order valence-corrected chi connectivity index (χ1v) is 10.3. The molecule has 3 aromatic carbocycles. The van der Waals surface area contributed by atoms with Crippen LogP contribution in [0.5, 0.6) is 11.5 Å². The lowest BCUT2D eigenvalue weighted by molar-refractivity contribution is 0.0955. The molecule has 32 heavy (non-hydrogen) atoms. The molecule has 2 N–H and O–H groups in total. The molecule has 1 heterocycles. The number of nitrogens with one attached hydrogen (secondary N) is 1. The first-order chi connectivity index (χ1) is 15.5. The van der Waals surface area contributed by atoms with E-state index in [1.54, 1.807) is 12.3 Å². The molecule has 0 aliphatic rings. The number of nitrogens with zero attached hydrogens (tertiary/aromatic N) is 2. The van der Waals surface area contributed by atoms with E-state index in [-0.39, 0.29) is 16.3 Å². The minimum absolute atomic E-state index is 0.0906. The normalized spacial score (nSPS) is 11.1. The summed E-state index contributed by atoms with van der Waals surface area (Å²) in [6.07, 6.45) is 3.19. The molecule has 0 unspecified atom stereocenters. The highest BCUT2D eigenvalue weighted by Gasteiger charge is 2.09. The van der Waals surface area contributed by atoms with Crippen LogP contribution in [0.15, 0.2) is 78.0 Å². The highest BCUT2D eigenvalue weighted by Crippen LogP contribution is 2.26. The van der Waals surface area contributed by atoms with Gasteiger partial charge in [0, 0.05) is 27.7 Å². The molecular formula is C24H17Cl2N3O3. The van der Waals surface area contributed by atoms with Crippen LogP contribution in [0, 0.1) is 0 Å². The van der Waals surface area contributed by atoms with Crippen molar-refractivity contribution in [3.05, 3.63) is 99.7 Å². The molecule has 4 rings (SSSR count). The van der Waals surface area contributed by atoms with Crippen molar-refractivity contribution in [3.63, 3.8) is 0 Å². The van der Waals surface area contributed by atoms with Gasteiger partial charge in [0.2, 0.25) is 0 Å². The second-order valence-electron chi connectivity index (χ2n) is 6.83. The highest BCUT2D eigenvalue weighted by molar-refractivity contribution is 6.32. The molecule has 0 aliphatic carbocycles. The van der Waals surface area contributed by atoms with Gasteiger partial charge in [0.15, 0.2) is 0 Å². The van der Waals surface area contributed by atoms with E-state index in [1.165, 1.54) is 24.4 Å². The third kappa shape index (κ3) is 4.99. The van der Waals surface area contributed by atoms with Gasteiger partial charge >= 0.3 is 0 Å². The van der Waals surface area contributed by atoms with Crippen molar-refractivity contribution in [2.75, 3.05) is 0 Å². The number of aromatic hydroxyl groups is 1. The molecule has 6 nitrogen and oxygen atoms in total. The van der Waals surface area contributed by atoms with Crippen molar-refractivity contribution in [3.8, 4) is 11.5 Å². The molecule has 0 radical (unpaired) electrons. The number of carbonyl (C=O) groups is 1. The lowest BCUT2D eigenvalue weighted by Crippen LogP contribution is -2.17. The van der Waals surface area contributed by atoms with Crippen LogP contribution in [0.2, 0.25) is 10.0 Å². The van der Waals surface area contributed by atoms with Crippen LogP contribution >= 0.6 is 23.2 Å². The van der Waals surface area contributed by atoms with E-state index in [9.17, 15) is 9.90 Å². The van der Waals surface area contributed by atoms with E-state index in [0.29, 0.717) is 22.9 Å². The minimum Gasteiger partial charge on any atom is -0.506 e. The Morgan fingerprint density at radius 2 is 1.91 bits per heavy atom. The summed E-state index contributed by atoms with van der Waals surface area (Å²) >= 11 is 11.8. The Labute approximate surface area is 194 Å². The smallest absolute Gasteiger partial charge is 0.271 e. The predicted molar refractivity (Wildman–Crippen MR) is 126 cm³/mol. The van der Waals surface area contributed by atoms with E-state index in [0.717, 1.165) is 16.5 Å². The van der Waals surface area contributed by atoms with Crippen LogP contribution in [0.1, 0.15) is 21.5 Å². The molecule has 0 saturated heterocycles. The monoisotopic (exact) mass is 465 g/mol. The molecule has 0 atom stereocenters. The lowest BCUT2D eigenvalue weighted by Gasteiger charge is -2.10. The third-order valence-corrected chi connectivity index (χ3v) is 5.21. The number of aromatic nitrogens is 1. The molecule has 160 valence electrons. The Morgan fingerprint density at radius 1 is 1.09 bits per heavy atom. The van der Waals surface area contributed by atoms with Crippen molar-refractivity contribution >= 4 is 46.2 Å². The number of phenolic OH excluding ortho intramolecular Hbond substituents is 1. The van der Waals surface area contributed by atoms with Gasteiger partial charge in [-0.15, -0.1) is 0 Å². The number of benzene rings is 3. The molecule has 8 heteroatoms. The van der Waals surface area contributed by atoms with Gasteiger partial charge in [-0.3, -0.25) is 9.78 Å². The fraction of sp³-hybridized carbons (Fsp3) is 0.0417. The minimum atomic E-state index is -0.450. The Balaban J connectivity index is 1.50. The van der Waals surface area contributed by atoms with Gasteiger partial charge in [0.05, 0.1) is 11.2 Å². The number of para-hydroxylation sites is 1. The molecule has 0 spiro atoms. The summed E-state index contributed by atoms with van der Waals surface area (Å²) in [6.45, 7) is 0.377. The summed E-state index contributed by atoms with van der Waals surface area (Å²) in [6, 6.07) is 19.0. The number of hydrogen-bond acceptors (Lipinski definition) is 5. The number of hydrazone groups is 1. The van der Waals surface area contributed by atoms with Crippen molar-refractivity contribution in [1.82, 2.24) is 10.4 Å². The number of amides is 1. The van der Waals surface area contributed by atoms with Gasteiger partial charge in [-0.2, -0.15) is 5.10 Å². The largest absolute Gasteiger partial charge is 0.506 e. The maximum atomic E-state index is 12.3. The Bertz CT molecular complexity index is 1310. The SMILES string of the molecule is O=C(N/N=C/c1ccnc2c(OCc3ccc(Cl)cc3)cccc12)c1ccc(O)c(Cl)c1. The first kappa shape index (κ1) is 21.6. The zero-order valence-corrected chi connectivity index (χ0v) is 18.1. The molecule has 0 bridgehead atoms. The predicted octanol–water partition coefficient (Wildman–Crippen LogP) is 5.59. The van der Waals surface area contributed by atoms with E-state index in [2.05, 4.69) is 15.5 Å². The summed E-state index contributed by atoms with van der Waals surface area (Å²) in [5.41, 5.74) is 5.16. The third-order valence-electron chi connectivity index (χ3n) is 4.65. The first-order valence-electron chi connectivity index (χ1n) is 9.58. The van der Waals surface area contributed by atoms with Gasteiger partial charge in [-0.1, -0.05) is 47.5 Å². The maximum absolute atomic E-state index is 12.3. The molecule has 1 amide bonds. The number of carbonyl (C=O) groups excluding carboxylic acids is 1. The zero-order valence-electron chi connectivity index (χ0n) is 16.6. The van der Waals surface area contributed by atoms with Crippen molar-refractivity contribution in [1.29, 1.82) is 0 Å². The summed E-state index contributed by atoms with van der Waals surface area (Å²) in [4.78, 5) is 16.7. The van der Waals surface area contributed by atoms with Gasteiger partial charge < -0.3 is 9.84 Å². The van der Waals surface area contributed by atoms with Crippen LogP contribution in [0.25, 0.3) is 10.9 Å². The maximum Gasteiger partial charge on any atom is 0.271 e. The molecule has 1 aromatic heterocycles. The van der Waals surface area contributed by atoms with E-state index in [1.807, 2.05) is 42.5 Å². The highest BCUT2D eigenvalue weighted by atomic mass is 35.5. The summed E-state index contributed by atoms with van der Waals surface area (Å²) in [5.74, 6) is 0.0908. The Morgan fingerprint density at radius 3 is 2.69 bits per heavy atom. The second-order valence-corrected chi connectivity index (χ2v) is 7.68. The molecule has 0 fully saturated rings. The average Bonchev–Trinajstić information content (AvgIpc) is 2.80. The van der Waals surface area contributed by atoms with E-state index >= 15 is 0 Å². The van der Waals surface area contributed by atoms with Crippen LogP contribution in [0.3, 0.4) is 0 Å². The van der Waals surface area contributed by atoms with Crippen molar-refractivity contribution in [2.24, 2.45) is 5.10 Å². The summed E-state index contributed by atoms with van der Waals surface area (Å²) in [7, 11) is 0. The Kier molecular flexibility index (Phi) is 6.54. The fourth-order valence-electron chi connectivity index (χ4n) is 3.01. The zero-order chi connectivity index (χ0) is 22.5. The number of ether oxygens (including phenoxy) is 1. The number of halogens is 2. The van der Waals surface area contributed by atoms with Crippen molar-refractivity contribution in [2.45, 2.75) is 6.61 Å². The number of pyridine rings is 1. The lowest BCUT2D eigenvalue weighted by atomic mass is 10.1. The summed E-state index contributed by atoms with van der Waals surface area (Å²) in [5, 5.41) is 15.1. The topological polar surface area (TPSA) is 83.8 Å². The second kappa shape index (κ2) is 9.68.